The smallest absolute Gasteiger partial charge is 0.321 e. The van der Waals surface area contributed by atoms with Crippen LogP contribution in [0.25, 0.3) is 0 Å². The molecule has 0 N–H and O–H groups in total. The van der Waals surface area contributed by atoms with Crippen molar-refractivity contribution in [3.8, 4) is 0 Å². The Kier molecular flexibility index (Phi) is 3.29. The summed E-state index contributed by atoms with van der Waals surface area (Å²) in [6.07, 6.45) is 5.98. The van der Waals surface area contributed by atoms with Crippen molar-refractivity contribution in [1.29, 1.82) is 0 Å². The number of alkyl halides is 2. The number of hydrogen-bond acceptors (Lipinski definition) is 4. The Balaban J connectivity index is 1.43. The van der Waals surface area contributed by atoms with Crippen LogP contribution in [0.4, 0.5) is 8.78 Å². The van der Waals surface area contributed by atoms with Gasteiger partial charge in [-0.1, -0.05) is 0 Å². The number of rotatable bonds is 5. The molecule has 4 aliphatic rings. The molecular formula is C14H19F2O3S-. The Morgan fingerprint density at radius 3 is 2.55 bits per heavy atom. The summed E-state index contributed by atoms with van der Waals surface area (Å²) >= 11 is -0.135. The molecule has 0 aromatic rings. The maximum atomic E-state index is 13.7. The summed E-state index contributed by atoms with van der Waals surface area (Å²) in [5.74, 6) is 4.53. The summed E-state index contributed by atoms with van der Waals surface area (Å²) in [6.45, 7) is 0. The predicted octanol–water partition coefficient (Wildman–Crippen LogP) is 3.16. The van der Waals surface area contributed by atoms with Crippen LogP contribution < -0.4 is 5.26 Å². The zero-order chi connectivity index (χ0) is 13.9. The molecule has 4 rings (SSSR count). The van der Waals surface area contributed by atoms with Gasteiger partial charge in [0, 0.05) is 6.42 Å². The summed E-state index contributed by atoms with van der Waals surface area (Å²) in [5.41, 5.74) is 0. The molecule has 7 unspecified atom stereocenters. The molecule has 0 heterocycles. The van der Waals surface area contributed by atoms with Crippen LogP contribution in [0.5, 0.6) is 0 Å². The van der Waals surface area contributed by atoms with E-state index in [2.05, 4.69) is 9.37 Å². The van der Waals surface area contributed by atoms with Crippen LogP contribution in [0, 0.1) is 41.4 Å². The second kappa shape index (κ2) is 4.80. The minimum absolute atomic E-state index is 0.0957. The van der Waals surface area contributed by atoms with Crippen LogP contribution in [-0.4, -0.2) is 5.25 Å². The van der Waals surface area contributed by atoms with E-state index in [0.717, 1.165) is 36.5 Å². The minimum Gasteiger partial charge on any atom is -0.691 e. The lowest BCUT2D eigenvalue weighted by Crippen LogP contribution is -2.34. The summed E-state index contributed by atoms with van der Waals surface area (Å²) in [7, 11) is 0. The van der Waals surface area contributed by atoms with Crippen LogP contribution in [0.2, 0.25) is 0 Å². The Bertz CT molecular complexity index is 395. The molecule has 0 aromatic heterocycles. The molecule has 0 aromatic carbocycles. The van der Waals surface area contributed by atoms with Gasteiger partial charge < -0.3 is 5.26 Å². The van der Waals surface area contributed by atoms with Crippen LogP contribution in [0.3, 0.4) is 0 Å². The third kappa shape index (κ3) is 2.02. The predicted molar refractivity (Wildman–Crippen MR) is 66.8 cm³/mol. The molecule has 4 aliphatic carbocycles. The normalized spacial score (nSPS) is 49.0. The summed E-state index contributed by atoms with van der Waals surface area (Å²) in [5, 5.41) is 9.73. The van der Waals surface area contributed by atoms with E-state index < -0.39 is 5.25 Å². The van der Waals surface area contributed by atoms with E-state index in [4.69, 9.17) is 0 Å². The topological polar surface area (TPSA) is 41.5 Å². The van der Waals surface area contributed by atoms with E-state index in [9.17, 15) is 14.0 Å². The molecule has 3 nitrogen and oxygen atoms in total. The van der Waals surface area contributed by atoms with E-state index in [1.807, 2.05) is 0 Å². The van der Waals surface area contributed by atoms with Crippen molar-refractivity contribution < 1.29 is 23.4 Å². The standard InChI is InChI=1S/C14H20F2O3S/c15-14(16,20-19-18-17)6-10-4-9-5-11(10)13-8-2-1-7(3-8)12(9)13/h7-13,17H,1-6H2/p-1. The van der Waals surface area contributed by atoms with Crippen LogP contribution in [0.15, 0.2) is 0 Å². The van der Waals surface area contributed by atoms with Gasteiger partial charge in [0.1, 0.15) is 12.0 Å². The quantitative estimate of drug-likeness (QED) is 0.339. The van der Waals surface area contributed by atoms with Crippen molar-refractivity contribution in [3.63, 3.8) is 0 Å². The molecule has 20 heavy (non-hydrogen) atoms. The minimum atomic E-state index is -3.02. The molecule has 0 radical (unpaired) electrons. The maximum Gasteiger partial charge on any atom is 0.321 e. The SMILES string of the molecule is [O-]OOSC(F)(F)CC1CC2CC1C1C3CCC(C3)C21. The largest absolute Gasteiger partial charge is 0.691 e. The lowest BCUT2D eigenvalue weighted by Gasteiger charge is -2.39. The lowest BCUT2D eigenvalue weighted by atomic mass is 9.67. The third-order valence-electron chi connectivity index (χ3n) is 6.56. The summed E-state index contributed by atoms with van der Waals surface area (Å²) < 4.78 is 31.3. The van der Waals surface area contributed by atoms with Crippen molar-refractivity contribution in [2.45, 2.75) is 43.8 Å². The second-order valence-electron chi connectivity index (χ2n) is 7.20. The monoisotopic (exact) mass is 305 g/mol. The van der Waals surface area contributed by atoms with Crippen molar-refractivity contribution in [3.05, 3.63) is 0 Å². The molecule has 0 amide bonds. The van der Waals surface area contributed by atoms with Gasteiger partial charge in [-0.3, -0.25) is 5.04 Å². The van der Waals surface area contributed by atoms with E-state index in [1.165, 1.54) is 19.3 Å². The average molecular weight is 305 g/mol. The maximum absolute atomic E-state index is 13.7. The highest BCUT2D eigenvalue weighted by molar-refractivity contribution is 7.95. The third-order valence-corrected chi connectivity index (χ3v) is 7.09. The highest BCUT2D eigenvalue weighted by Gasteiger charge is 2.62. The first-order chi connectivity index (χ1) is 9.59. The molecule has 0 aliphatic heterocycles. The van der Waals surface area contributed by atoms with Gasteiger partial charge in [0.05, 0.1) is 0 Å². The molecule has 4 bridgehead atoms. The highest BCUT2D eigenvalue weighted by atomic mass is 32.2. The van der Waals surface area contributed by atoms with Gasteiger partial charge >= 0.3 is 5.25 Å². The van der Waals surface area contributed by atoms with Crippen molar-refractivity contribution in [1.82, 2.24) is 0 Å². The molecule has 0 saturated heterocycles. The molecular weight excluding hydrogens is 286 g/mol. The number of halogens is 2. The average Bonchev–Trinajstić information content (AvgIpc) is 3.13. The fourth-order valence-corrected chi connectivity index (χ4v) is 6.75. The van der Waals surface area contributed by atoms with E-state index in [1.54, 1.807) is 0 Å². The Hall–Kier alpha value is 0.0900. The van der Waals surface area contributed by atoms with Crippen LogP contribution in [-0.2, 0) is 9.37 Å². The molecule has 6 heteroatoms. The van der Waals surface area contributed by atoms with E-state index in [0.29, 0.717) is 11.8 Å². The molecule has 4 saturated carbocycles. The fraction of sp³-hybridized carbons (Fsp3) is 1.00. The molecule has 0 spiro atoms. The van der Waals surface area contributed by atoms with Crippen LogP contribution >= 0.6 is 12.0 Å². The zero-order valence-electron chi connectivity index (χ0n) is 11.2. The van der Waals surface area contributed by atoms with Crippen molar-refractivity contribution in [2.24, 2.45) is 41.4 Å². The lowest BCUT2D eigenvalue weighted by molar-refractivity contribution is -0.777. The second-order valence-corrected chi connectivity index (χ2v) is 8.10. The number of hydrogen-bond donors (Lipinski definition) is 0. The van der Waals surface area contributed by atoms with Gasteiger partial charge in [0.25, 0.3) is 0 Å². The first-order valence-corrected chi connectivity index (χ1v) is 8.35. The van der Waals surface area contributed by atoms with Gasteiger partial charge in [0.15, 0.2) is 0 Å². The Morgan fingerprint density at radius 1 is 1.05 bits per heavy atom. The summed E-state index contributed by atoms with van der Waals surface area (Å²) in [4.78, 5) is 0. The Labute approximate surface area is 121 Å². The first-order valence-electron chi connectivity index (χ1n) is 7.61. The molecule has 4 fully saturated rings. The van der Waals surface area contributed by atoms with Gasteiger partial charge in [-0.15, -0.1) is 0 Å². The van der Waals surface area contributed by atoms with Crippen LogP contribution in [0.1, 0.15) is 38.5 Å². The van der Waals surface area contributed by atoms with Crippen molar-refractivity contribution in [2.75, 3.05) is 0 Å². The van der Waals surface area contributed by atoms with Gasteiger partial charge in [-0.2, -0.15) is 13.1 Å². The van der Waals surface area contributed by atoms with Gasteiger partial charge in [-0.25, -0.2) is 0 Å². The first kappa shape index (κ1) is 13.7. The molecule has 7 atom stereocenters. The van der Waals surface area contributed by atoms with Gasteiger partial charge in [-0.05, 0) is 73.5 Å². The van der Waals surface area contributed by atoms with E-state index in [-0.39, 0.29) is 24.4 Å². The zero-order valence-corrected chi connectivity index (χ0v) is 12.0. The van der Waals surface area contributed by atoms with E-state index >= 15 is 0 Å². The van der Waals surface area contributed by atoms with Crippen molar-refractivity contribution >= 4 is 12.0 Å². The highest BCUT2D eigenvalue weighted by Crippen LogP contribution is 2.69. The Morgan fingerprint density at radius 2 is 1.80 bits per heavy atom. The fourth-order valence-electron chi connectivity index (χ4n) is 6.34. The summed E-state index contributed by atoms with van der Waals surface area (Å²) in [6, 6.07) is 0. The molecule has 114 valence electrons. The number of fused-ring (bicyclic) bond motifs is 9. The van der Waals surface area contributed by atoms with Gasteiger partial charge in [0.2, 0.25) is 0 Å².